The molecule has 0 bridgehead atoms. The molecule has 1 aliphatic rings. The molecule has 2 aromatic carbocycles. The molecule has 4 heteroatoms. The number of nitrogens with zero attached hydrogens (tertiary/aromatic N) is 2. The molecule has 1 aliphatic heterocycles. The first kappa shape index (κ1) is 20.8. The fraction of sp³-hybridized carbons (Fsp3) is 0.360. The highest BCUT2D eigenvalue weighted by molar-refractivity contribution is 5.88. The van der Waals surface area contributed by atoms with Crippen LogP contribution in [0.5, 0.6) is 0 Å². The van der Waals surface area contributed by atoms with Crippen molar-refractivity contribution < 1.29 is 4.79 Å². The van der Waals surface area contributed by atoms with E-state index in [9.17, 15) is 4.79 Å². The molecule has 152 valence electrons. The zero-order valence-corrected chi connectivity index (χ0v) is 17.9. The molecule has 0 spiro atoms. The summed E-state index contributed by atoms with van der Waals surface area (Å²) in [7, 11) is 0. The first-order chi connectivity index (χ1) is 13.9. The second kappa shape index (κ2) is 9.08. The molecule has 3 rings (SSSR count). The summed E-state index contributed by atoms with van der Waals surface area (Å²) < 4.78 is 0. The molecule has 0 aliphatic carbocycles. The van der Waals surface area contributed by atoms with Gasteiger partial charge in [-0.3, -0.25) is 4.79 Å². The summed E-state index contributed by atoms with van der Waals surface area (Å²) in [6.07, 6.45) is 6.30. The third-order valence-corrected chi connectivity index (χ3v) is 5.34. The molecular formula is C25H31N3O. The molecule has 0 atom stereocenters. The van der Waals surface area contributed by atoms with Gasteiger partial charge in [0.05, 0.1) is 11.8 Å². The third-order valence-electron chi connectivity index (χ3n) is 5.34. The summed E-state index contributed by atoms with van der Waals surface area (Å²) in [4.78, 5) is 14.5. The SMILES string of the molecule is CCCN1c2ccc(/C=N/NC(=O)CCc3ccccc3)cc2C(C)=CC1(C)C. The topological polar surface area (TPSA) is 44.7 Å². The Balaban J connectivity index is 1.65. The van der Waals surface area contributed by atoms with Crippen LogP contribution in [-0.2, 0) is 11.2 Å². The number of fused-ring (bicyclic) bond motifs is 1. The monoisotopic (exact) mass is 389 g/mol. The lowest BCUT2D eigenvalue weighted by Crippen LogP contribution is -2.45. The number of aryl methyl sites for hydroxylation is 1. The molecule has 0 saturated carbocycles. The number of amides is 1. The van der Waals surface area contributed by atoms with E-state index in [-0.39, 0.29) is 11.4 Å². The van der Waals surface area contributed by atoms with Gasteiger partial charge in [0.2, 0.25) is 5.91 Å². The third kappa shape index (κ3) is 5.14. The number of allylic oxidation sites excluding steroid dienone is 1. The highest BCUT2D eigenvalue weighted by atomic mass is 16.2. The fourth-order valence-electron chi connectivity index (χ4n) is 3.95. The second-order valence-electron chi connectivity index (χ2n) is 8.19. The Labute approximate surface area is 174 Å². The van der Waals surface area contributed by atoms with Crippen LogP contribution in [0.2, 0.25) is 0 Å². The molecule has 1 heterocycles. The standard InChI is InChI=1S/C25H31N3O/c1-5-15-28-23-13-11-21(16-22(23)19(2)17-25(28,3)4)18-26-27-24(29)14-12-20-9-7-6-8-10-20/h6-11,13,16-18H,5,12,14-15H2,1-4H3,(H,27,29)/b26-18+. The largest absolute Gasteiger partial charge is 0.362 e. The molecule has 0 unspecified atom stereocenters. The Bertz CT molecular complexity index is 913. The molecule has 1 N–H and O–H groups in total. The maximum absolute atomic E-state index is 12.0. The first-order valence-electron chi connectivity index (χ1n) is 10.4. The van der Waals surface area contributed by atoms with Gasteiger partial charge in [0.25, 0.3) is 0 Å². The Morgan fingerprint density at radius 2 is 1.93 bits per heavy atom. The molecule has 0 saturated heterocycles. The van der Waals surface area contributed by atoms with Crippen LogP contribution >= 0.6 is 0 Å². The summed E-state index contributed by atoms with van der Waals surface area (Å²) in [6, 6.07) is 16.4. The van der Waals surface area contributed by atoms with Gasteiger partial charge in [0.15, 0.2) is 0 Å². The van der Waals surface area contributed by atoms with E-state index in [2.05, 4.69) is 67.4 Å². The molecule has 0 aromatic heterocycles. The van der Waals surface area contributed by atoms with E-state index in [1.807, 2.05) is 30.3 Å². The van der Waals surface area contributed by atoms with Gasteiger partial charge < -0.3 is 4.90 Å². The molecule has 4 nitrogen and oxygen atoms in total. The Hall–Kier alpha value is -2.88. The summed E-state index contributed by atoms with van der Waals surface area (Å²) in [5.41, 5.74) is 8.56. The first-order valence-corrected chi connectivity index (χ1v) is 10.4. The van der Waals surface area contributed by atoms with Gasteiger partial charge in [-0.05, 0) is 62.4 Å². The second-order valence-corrected chi connectivity index (χ2v) is 8.19. The van der Waals surface area contributed by atoms with E-state index in [1.165, 1.54) is 16.8 Å². The van der Waals surface area contributed by atoms with Gasteiger partial charge in [-0.15, -0.1) is 0 Å². The lowest BCUT2D eigenvalue weighted by atomic mass is 9.88. The molecule has 0 radical (unpaired) electrons. The van der Waals surface area contributed by atoms with E-state index in [1.54, 1.807) is 6.21 Å². The Kier molecular flexibility index (Phi) is 6.53. The average molecular weight is 390 g/mol. The van der Waals surface area contributed by atoms with Crippen LogP contribution < -0.4 is 10.3 Å². The Morgan fingerprint density at radius 1 is 1.17 bits per heavy atom. The number of benzene rings is 2. The van der Waals surface area contributed by atoms with Crippen LogP contribution in [-0.4, -0.2) is 24.2 Å². The fourth-order valence-corrected chi connectivity index (χ4v) is 3.95. The normalized spacial score (nSPS) is 15.2. The maximum Gasteiger partial charge on any atom is 0.240 e. The summed E-state index contributed by atoms with van der Waals surface area (Å²) in [5.74, 6) is -0.0741. The van der Waals surface area contributed by atoms with Crippen molar-refractivity contribution in [3.05, 3.63) is 71.3 Å². The van der Waals surface area contributed by atoms with Crippen LogP contribution in [0.1, 0.15) is 57.2 Å². The van der Waals surface area contributed by atoms with Crippen molar-refractivity contribution in [2.45, 2.75) is 52.5 Å². The van der Waals surface area contributed by atoms with Crippen molar-refractivity contribution >= 4 is 23.4 Å². The average Bonchev–Trinajstić information content (AvgIpc) is 2.70. The predicted molar refractivity (Wildman–Crippen MR) is 122 cm³/mol. The molecule has 1 amide bonds. The highest BCUT2D eigenvalue weighted by Crippen LogP contribution is 2.39. The van der Waals surface area contributed by atoms with E-state index < -0.39 is 0 Å². The van der Waals surface area contributed by atoms with Crippen LogP contribution in [0.3, 0.4) is 0 Å². The van der Waals surface area contributed by atoms with Crippen molar-refractivity contribution in [3.8, 4) is 0 Å². The quantitative estimate of drug-likeness (QED) is 0.524. The number of carbonyl (C=O) groups is 1. The lowest BCUT2D eigenvalue weighted by Gasteiger charge is -2.43. The van der Waals surface area contributed by atoms with E-state index >= 15 is 0 Å². The van der Waals surface area contributed by atoms with Gasteiger partial charge in [0, 0.05) is 24.2 Å². The minimum atomic E-state index is -0.0741. The molecule has 2 aromatic rings. The van der Waals surface area contributed by atoms with E-state index in [0.29, 0.717) is 12.8 Å². The van der Waals surface area contributed by atoms with Crippen LogP contribution in [0, 0.1) is 0 Å². The van der Waals surface area contributed by atoms with Crippen molar-refractivity contribution in [2.75, 3.05) is 11.4 Å². The van der Waals surface area contributed by atoms with Crippen molar-refractivity contribution in [1.29, 1.82) is 0 Å². The van der Waals surface area contributed by atoms with Gasteiger partial charge in [0.1, 0.15) is 0 Å². The van der Waals surface area contributed by atoms with Crippen LogP contribution in [0.4, 0.5) is 5.69 Å². The zero-order chi connectivity index (χ0) is 20.9. The van der Waals surface area contributed by atoms with Gasteiger partial charge in [-0.2, -0.15) is 5.10 Å². The van der Waals surface area contributed by atoms with Crippen molar-refractivity contribution in [2.24, 2.45) is 5.10 Å². The maximum atomic E-state index is 12.0. The lowest BCUT2D eigenvalue weighted by molar-refractivity contribution is -0.121. The zero-order valence-electron chi connectivity index (χ0n) is 17.9. The number of anilines is 1. The minimum absolute atomic E-state index is 0.00935. The van der Waals surface area contributed by atoms with Crippen LogP contribution in [0.15, 0.2) is 59.7 Å². The van der Waals surface area contributed by atoms with Gasteiger partial charge in [-0.25, -0.2) is 5.43 Å². The van der Waals surface area contributed by atoms with E-state index in [4.69, 9.17) is 0 Å². The number of hydrazone groups is 1. The molecule has 0 fully saturated rings. The predicted octanol–water partition coefficient (Wildman–Crippen LogP) is 5.18. The number of nitrogens with one attached hydrogen (secondary N) is 1. The number of hydrogen-bond donors (Lipinski definition) is 1. The van der Waals surface area contributed by atoms with Crippen molar-refractivity contribution in [3.63, 3.8) is 0 Å². The van der Waals surface area contributed by atoms with Gasteiger partial charge in [-0.1, -0.05) is 49.4 Å². The number of carbonyl (C=O) groups excluding carboxylic acids is 1. The summed E-state index contributed by atoms with van der Waals surface area (Å²) in [6.45, 7) is 9.91. The van der Waals surface area contributed by atoms with Crippen LogP contribution in [0.25, 0.3) is 5.57 Å². The molecule has 29 heavy (non-hydrogen) atoms. The Morgan fingerprint density at radius 3 is 2.66 bits per heavy atom. The number of rotatable bonds is 7. The smallest absolute Gasteiger partial charge is 0.240 e. The highest BCUT2D eigenvalue weighted by Gasteiger charge is 2.30. The number of hydrogen-bond acceptors (Lipinski definition) is 3. The molecular weight excluding hydrogens is 358 g/mol. The van der Waals surface area contributed by atoms with E-state index in [0.717, 1.165) is 24.1 Å². The van der Waals surface area contributed by atoms with Crippen molar-refractivity contribution in [1.82, 2.24) is 5.43 Å². The minimum Gasteiger partial charge on any atom is -0.362 e. The summed E-state index contributed by atoms with van der Waals surface area (Å²) in [5, 5.41) is 4.15. The summed E-state index contributed by atoms with van der Waals surface area (Å²) >= 11 is 0. The van der Waals surface area contributed by atoms with Gasteiger partial charge >= 0.3 is 0 Å².